The molecule has 0 aromatic carbocycles. The van der Waals surface area contributed by atoms with Crippen LogP contribution in [0.3, 0.4) is 0 Å². The SMILES string of the molecule is CCC(=O)[O][Ti]([O]C(=O)CC)([O]C(=O)CC)[CH]1CCCC2=C1C(C)C1=C2CCCC1. The molecular formula is C23H34O6Ti. The molecule has 3 aliphatic carbocycles. The van der Waals surface area contributed by atoms with E-state index in [9.17, 15) is 14.4 Å². The molecule has 0 aliphatic heterocycles. The van der Waals surface area contributed by atoms with Crippen LogP contribution in [-0.4, -0.2) is 17.9 Å². The van der Waals surface area contributed by atoms with Gasteiger partial charge in [-0.2, -0.15) is 0 Å². The third-order valence-electron chi connectivity index (χ3n) is 6.57. The van der Waals surface area contributed by atoms with E-state index in [1.807, 2.05) is 0 Å². The molecule has 2 atom stereocenters. The molecule has 0 saturated carbocycles. The van der Waals surface area contributed by atoms with Crippen LogP contribution in [0, 0.1) is 5.92 Å². The van der Waals surface area contributed by atoms with Gasteiger partial charge in [0.15, 0.2) is 0 Å². The average Bonchev–Trinajstić information content (AvgIpc) is 3.05. The predicted octanol–water partition coefficient (Wildman–Crippen LogP) is 5.53. The van der Waals surface area contributed by atoms with Gasteiger partial charge in [0, 0.05) is 0 Å². The molecule has 0 radical (unpaired) electrons. The first-order chi connectivity index (χ1) is 14.4. The average molecular weight is 454 g/mol. The minimum absolute atomic E-state index is 0.142. The van der Waals surface area contributed by atoms with E-state index in [-0.39, 0.29) is 29.4 Å². The maximum atomic E-state index is 12.4. The summed E-state index contributed by atoms with van der Waals surface area (Å²) < 4.78 is 17.4. The molecule has 3 rings (SSSR count). The van der Waals surface area contributed by atoms with Gasteiger partial charge in [-0.05, 0) is 0 Å². The predicted molar refractivity (Wildman–Crippen MR) is 108 cm³/mol. The Hall–Kier alpha value is -1.40. The molecule has 166 valence electrons. The molecule has 0 amide bonds. The van der Waals surface area contributed by atoms with Crippen LogP contribution in [0.2, 0.25) is 4.22 Å². The second kappa shape index (κ2) is 9.82. The molecule has 2 unspecified atom stereocenters. The van der Waals surface area contributed by atoms with Gasteiger partial charge in [0.1, 0.15) is 0 Å². The van der Waals surface area contributed by atoms with Gasteiger partial charge >= 0.3 is 184 Å². The van der Waals surface area contributed by atoms with Gasteiger partial charge in [-0.15, -0.1) is 0 Å². The molecule has 0 bridgehead atoms. The van der Waals surface area contributed by atoms with Crippen LogP contribution in [0.25, 0.3) is 0 Å². The van der Waals surface area contributed by atoms with Gasteiger partial charge in [0.2, 0.25) is 0 Å². The number of fused-ring (bicyclic) bond motifs is 1. The minimum atomic E-state index is -4.65. The Labute approximate surface area is 184 Å². The second-order valence-corrected chi connectivity index (χ2v) is 12.3. The van der Waals surface area contributed by atoms with Crippen molar-refractivity contribution in [3.8, 4) is 0 Å². The fraction of sp³-hybridized carbons (Fsp3) is 0.696. The summed E-state index contributed by atoms with van der Waals surface area (Å²) in [5.74, 6) is -1.19. The Morgan fingerprint density at radius 1 is 0.800 bits per heavy atom. The molecule has 0 saturated heterocycles. The van der Waals surface area contributed by atoms with Crippen LogP contribution < -0.4 is 0 Å². The Bertz CT molecular complexity index is 735. The van der Waals surface area contributed by atoms with Crippen molar-refractivity contribution in [2.24, 2.45) is 5.92 Å². The number of hydrogen-bond donors (Lipinski definition) is 0. The van der Waals surface area contributed by atoms with E-state index in [4.69, 9.17) is 9.96 Å². The van der Waals surface area contributed by atoms with Crippen molar-refractivity contribution in [3.63, 3.8) is 0 Å². The molecule has 0 fully saturated rings. The Morgan fingerprint density at radius 2 is 1.30 bits per heavy atom. The second-order valence-electron chi connectivity index (χ2n) is 8.40. The maximum absolute atomic E-state index is 12.4. The van der Waals surface area contributed by atoms with E-state index in [2.05, 4.69) is 6.92 Å². The Balaban J connectivity index is 2.09. The summed E-state index contributed by atoms with van der Waals surface area (Å²) in [7, 11) is 0. The Morgan fingerprint density at radius 3 is 1.83 bits per heavy atom. The third kappa shape index (κ3) is 4.45. The zero-order valence-electron chi connectivity index (χ0n) is 18.7. The summed E-state index contributed by atoms with van der Waals surface area (Å²) in [6.45, 7) is 7.30. The first-order valence-electron chi connectivity index (χ1n) is 11.5. The van der Waals surface area contributed by atoms with Gasteiger partial charge in [-0.25, -0.2) is 0 Å². The molecule has 0 aromatic heterocycles. The van der Waals surface area contributed by atoms with E-state index in [0.29, 0.717) is 6.42 Å². The number of rotatable bonds is 7. The van der Waals surface area contributed by atoms with Crippen molar-refractivity contribution in [1.29, 1.82) is 0 Å². The third-order valence-corrected chi connectivity index (χ3v) is 11.2. The summed E-state index contributed by atoms with van der Waals surface area (Å²) in [5.41, 5.74) is 5.52. The van der Waals surface area contributed by atoms with Crippen molar-refractivity contribution in [2.75, 3.05) is 0 Å². The van der Waals surface area contributed by atoms with Gasteiger partial charge < -0.3 is 0 Å². The zero-order valence-corrected chi connectivity index (χ0v) is 20.2. The van der Waals surface area contributed by atoms with Gasteiger partial charge in [-0.1, -0.05) is 0 Å². The molecule has 3 aliphatic rings. The molecule has 0 spiro atoms. The monoisotopic (exact) mass is 454 g/mol. The van der Waals surface area contributed by atoms with Crippen LogP contribution in [-0.2, 0) is 42.1 Å². The number of allylic oxidation sites excluding steroid dienone is 4. The van der Waals surface area contributed by atoms with E-state index in [0.717, 1.165) is 25.7 Å². The number of carbonyl (C=O) groups excluding carboxylic acids is 3. The van der Waals surface area contributed by atoms with E-state index >= 15 is 0 Å². The Kier molecular flexibility index (Phi) is 7.62. The molecule has 7 heteroatoms. The van der Waals surface area contributed by atoms with Crippen LogP contribution in [0.1, 0.15) is 91.9 Å². The van der Waals surface area contributed by atoms with Crippen LogP contribution in [0.15, 0.2) is 22.3 Å². The first-order valence-corrected chi connectivity index (χ1v) is 14.3. The normalized spacial score (nSPS) is 23.6. The van der Waals surface area contributed by atoms with Gasteiger partial charge in [0.25, 0.3) is 0 Å². The fourth-order valence-corrected chi connectivity index (χ4v) is 10.3. The summed E-state index contributed by atoms with van der Waals surface area (Å²) in [5, 5.41) is 0. The van der Waals surface area contributed by atoms with Crippen molar-refractivity contribution in [2.45, 2.75) is 96.1 Å². The van der Waals surface area contributed by atoms with E-state index in [1.54, 1.807) is 20.8 Å². The van der Waals surface area contributed by atoms with Crippen LogP contribution in [0.4, 0.5) is 0 Å². The van der Waals surface area contributed by atoms with Crippen LogP contribution in [0.5, 0.6) is 0 Å². The van der Waals surface area contributed by atoms with Crippen molar-refractivity contribution in [1.82, 2.24) is 0 Å². The van der Waals surface area contributed by atoms with Gasteiger partial charge in [0.05, 0.1) is 0 Å². The van der Waals surface area contributed by atoms with Crippen molar-refractivity contribution in [3.05, 3.63) is 22.3 Å². The number of carbonyl (C=O) groups is 3. The van der Waals surface area contributed by atoms with Gasteiger partial charge in [-0.3, -0.25) is 0 Å². The van der Waals surface area contributed by atoms with Crippen molar-refractivity contribution >= 4 is 17.9 Å². The standard InChI is InChI=1S/C14H19.3C3H6O2.Ti/c1-10-11-6-2-4-8-13(11)14-9-5-3-7-12(10)14;3*1-2-3(4)5;/h6,10H,2-5,7-9H2,1H3;3*2H2,1H3,(H,4,5);/q;;;;+3/p-3. The molecule has 0 heterocycles. The van der Waals surface area contributed by atoms with E-state index < -0.39 is 35.7 Å². The number of hydrogen-bond acceptors (Lipinski definition) is 6. The summed E-state index contributed by atoms with van der Waals surface area (Å²) in [6, 6.07) is 0. The van der Waals surface area contributed by atoms with E-state index in [1.165, 1.54) is 35.1 Å². The molecule has 0 N–H and O–H groups in total. The topological polar surface area (TPSA) is 78.9 Å². The van der Waals surface area contributed by atoms with Crippen molar-refractivity contribution < 1.29 is 42.1 Å². The summed E-state index contributed by atoms with van der Waals surface area (Å²) in [4.78, 5) is 37.3. The van der Waals surface area contributed by atoms with Crippen LogP contribution >= 0.6 is 0 Å². The summed E-state index contributed by atoms with van der Waals surface area (Å²) >= 11 is -4.65. The zero-order chi connectivity index (χ0) is 21.9. The molecule has 0 aromatic rings. The molecule has 6 nitrogen and oxygen atoms in total. The quantitative estimate of drug-likeness (QED) is 0.471. The summed E-state index contributed by atoms with van der Waals surface area (Å²) in [6.07, 6.45) is 7.62. The first kappa shape index (κ1) is 23.3. The molecular weight excluding hydrogens is 420 g/mol. The molecule has 30 heavy (non-hydrogen) atoms. The fourth-order valence-electron chi connectivity index (χ4n) is 5.16.